The van der Waals surface area contributed by atoms with Gasteiger partial charge in [-0.1, -0.05) is 30.2 Å². The average molecular weight is 466 g/mol. The highest BCUT2D eigenvalue weighted by molar-refractivity contribution is 6.30. The first kappa shape index (κ1) is 23.3. The van der Waals surface area contributed by atoms with Crippen LogP contribution >= 0.6 is 11.6 Å². The van der Waals surface area contributed by atoms with Crippen molar-refractivity contribution in [3.05, 3.63) is 64.9 Å². The second-order valence-corrected chi connectivity index (χ2v) is 7.60. The van der Waals surface area contributed by atoms with Crippen LogP contribution in [0, 0.1) is 0 Å². The zero-order valence-electron chi connectivity index (χ0n) is 16.0. The number of amides is 1. The van der Waals surface area contributed by atoms with Gasteiger partial charge in [0.25, 0.3) is 11.6 Å². The fourth-order valence-corrected chi connectivity index (χ4v) is 4.01. The Morgan fingerprint density at radius 1 is 1.06 bits per heavy atom. The Morgan fingerprint density at radius 2 is 1.77 bits per heavy atom. The van der Waals surface area contributed by atoms with Gasteiger partial charge in [-0.2, -0.15) is 26.3 Å². The van der Waals surface area contributed by atoms with Crippen LogP contribution < -0.4 is 5.32 Å². The minimum atomic E-state index is -5.86. The smallest absolute Gasteiger partial charge is 0.318 e. The van der Waals surface area contributed by atoms with E-state index in [9.17, 15) is 31.1 Å². The van der Waals surface area contributed by atoms with Gasteiger partial charge in [-0.25, -0.2) is 0 Å². The molecule has 11 heteroatoms. The summed E-state index contributed by atoms with van der Waals surface area (Å²) >= 11 is 5.75. The van der Waals surface area contributed by atoms with E-state index in [0.29, 0.717) is 6.42 Å². The third kappa shape index (κ3) is 4.50. The van der Waals surface area contributed by atoms with Gasteiger partial charge in [0.2, 0.25) is 0 Å². The number of halogens is 7. The molecule has 1 N–H and O–H groups in total. The highest BCUT2D eigenvalue weighted by Gasteiger charge is 2.76. The molecule has 0 saturated carbocycles. The van der Waals surface area contributed by atoms with Crippen molar-refractivity contribution in [2.24, 2.45) is 0 Å². The lowest BCUT2D eigenvalue weighted by atomic mass is 9.91. The lowest BCUT2D eigenvalue weighted by molar-refractivity contribution is -0.356. The molecule has 4 nitrogen and oxygen atoms in total. The Kier molecular flexibility index (Phi) is 6.52. The van der Waals surface area contributed by atoms with E-state index < -0.39 is 42.1 Å². The Bertz CT molecular complexity index is 905. The van der Waals surface area contributed by atoms with Crippen molar-refractivity contribution in [2.45, 2.75) is 43.3 Å². The zero-order chi connectivity index (χ0) is 22.9. The summed E-state index contributed by atoms with van der Waals surface area (Å²) in [6, 6.07) is 6.32. The normalized spacial score (nSPS) is 18.6. The van der Waals surface area contributed by atoms with Gasteiger partial charge in [0, 0.05) is 35.6 Å². The number of rotatable bonds is 4. The fraction of sp³-hybridized carbons (Fsp3) is 0.400. The maximum Gasteiger partial charge on any atom is 0.434 e. The Labute approximate surface area is 179 Å². The van der Waals surface area contributed by atoms with Crippen LogP contribution in [-0.4, -0.2) is 40.4 Å². The first-order valence-electron chi connectivity index (χ1n) is 9.35. The predicted octanol–water partition coefficient (Wildman–Crippen LogP) is 5.51. The summed E-state index contributed by atoms with van der Waals surface area (Å²) in [7, 11) is 0. The van der Waals surface area contributed by atoms with Gasteiger partial charge in [-0.15, -0.1) is 0 Å². The third-order valence-electron chi connectivity index (χ3n) is 5.20. The largest absolute Gasteiger partial charge is 0.434 e. The molecule has 31 heavy (non-hydrogen) atoms. The number of aromatic nitrogens is 1. The minimum absolute atomic E-state index is 0.00322. The fourth-order valence-electron chi connectivity index (χ4n) is 3.82. The standard InChI is InChI=1S/C20H18ClF6N3O/c21-15-7-3-5-13(11-15)17(31)29-18(19(22,23)24,20(25,26)27)30-10-2-1-8-16(30)14-6-4-9-28-12-14/h3-7,9,11-12,16H,1-2,8,10H2,(H,29,31)/t16-/m0/s1. The van der Waals surface area contributed by atoms with Crippen LogP contribution in [0.1, 0.15) is 41.2 Å². The van der Waals surface area contributed by atoms with E-state index in [1.807, 2.05) is 0 Å². The van der Waals surface area contributed by atoms with Gasteiger partial charge < -0.3 is 5.32 Å². The summed E-state index contributed by atoms with van der Waals surface area (Å²) < 4.78 is 85.7. The summed E-state index contributed by atoms with van der Waals surface area (Å²) in [6.45, 7) is -0.519. The molecule has 3 rings (SSSR count). The number of likely N-dealkylation sites (tertiary alicyclic amines) is 1. The number of hydrogen-bond donors (Lipinski definition) is 1. The highest BCUT2D eigenvalue weighted by Crippen LogP contribution is 2.50. The zero-order valence-corrected chi connectivity index (χ0v) is 16.7. The topological polar surface area (TPSA) is 45.2 Å². The molecule has 1 atom stereocenters. The summed E-state index contributed by atoms with van der Waals surface area (Å²) in [5, 5.41) is 1.28. The first-order valence-corrected chi connectivity index (χ1v) is 9.73. The average Bonchev–Trinajstić information content (AvgIpc) is 2.70. The summed E-state index contributed by atoms with van der Waals surface area (Å²) in [5.74, 6) is -1.53. The summed E-state index contributed by atoms with van der Waals surface area (Å²) in [5.41, 5.74) is -4.81. The Hall–Kier alpha value is -2.33. The van der Waals surface area contributed by atoms with E-state index in [0.717, 1.165) is 12.1 Å². The maximum atomic E-state index is 14.3. The van der Waals surface area contributed by atoms with Crippen LogP contribution in [-0.2, 0) is 0 Å². The second-order valence-electron chi connectivity index (χ2n) is 7.16. The predicted molar refractivity (Wildman–Crippen MR) is 101 cm³/mol. The van der Waals surface area contributed by atoms with Crippen LogP contribution in [0.4, 0.5) is 26.3 Å². The van der Waals surface area contributed by atoms with Crippen molar-refractivity contribution < 1.29 is 31.1 Å². The highest BCUT2D eigenvalue weighted by atomic mass is 35.5. The molecule has 0 aliphatic carbocycles. The number of nitrogens with zero attached hydrogens (tertiary/aromatic N) is 2. The molecule has 1 fully saturated rings. The number of pyridine rings is 1. The molecule has 2 aromatic rings. The van der Waals surface area contributed by atoms with E-state index in [4.69, 9.17) is 11.6 Å². The molecule has 1 aromatic heterocycles. The van der Waals surface area contributed by atoms with Crippen molar-refractivity contribution >= 4 is 17.5 Å². The van der Waals surface area contributed by atoms with E-state index in [1.165, 1.54) is 42.0 Å². The van der Waals surface area contributed by atoms with Crippen LogP contribution in [0.25, 0.3) is 0 Å². The Balaban J connectivity index is 2.14. The number of hydrogen-bond acceptors (Lipinski definition) is 3. The number of piperidine rings is 1. The molecule has 0 spiro atoms. The van der Waals surface area contributed by atoms with Crippen molar-refractivity contribution in [3.8, 4) is 0 Å². The number of alkyl halides is 6. The molecule has 168 valence electrons. The molecular weight excluding hydrogens is 448 g/mol. The van der Waals surface area contributed by atoms with E-state index in [2.05, 4.69) is 4.98 Å². The maximum absolute atomic E-state index is 14.3. The van der Waals surface area contributed by atoms with Crippen LogP contribution in [0.3, 0.4) is 0 Å². The van der Waals surface area contributed by atoms with Crippen LogP contribution in [0.2, 0.25) is 5.02 Å². The molecule has 1 saturated heterocycles. The minimum Gasteiger partial charge on any atom is -0.318 e. The van der Waals surface area contributed by atoms with Gasteiger partial charge in [0.05, 0.1) is 0 Å². The van der Waals surface area contributed by atoms with Crippen LogP contribution in [0.15, 0.2) is 48.8 Å². The molecule has 0 radical (unpaired) electrons. The number of carbonyl (C=O) groups is 1. The lowest BCUT2D eigenvalue weighted by Gasteiger charge is -2.50. The number of benzene rings is 1. The molecule has 0 unspecified atom stereocenters. The van der Waals surface area contributed by atoms with Gasteiger partial charge >= 0.3 is 12.4 Å². The van der Waals surface area contributed by atoms with Crippen molar-refractivity contribution in [1.29, 1.82) is 0 Å². The van der Waals surface area contributed by atoms with Crippen molar-refractivity contribution in [3.63, 3.8) is 0 Å². The molecule has 2 heterocycles. The monoisotopic (exact) mass is 465 g/mol. The summed E-state index contributed by atoms with van der Waals surface area (Å²) in [4.78, 5) is 16.7. The molecule has 1 aliphatic heterocycles. The molecule has 0 bridgehead atoms. The number of nitrogens with one attached hydrogen (secondary N) is 1. The van der Waals surface area contributed by atoms with Gasteiger partial charge in [0.1, 0.15) is 0 Å². The lowest BCUT2D eigenvalue weighted by Crippen LogP contribution is -2.77. The summed E-state index contributed by atoms with van der Waals surface area (Å²) in [6.07, 6.45) is -8.53. The van der Waals surface area contributed by atoms with E-state index >= 15 is 0 Å². The first-order chi connectivity index (χ1) is 14.5. The van der Waals surface area contributed by atoms with Gasteiger partial charge in [-0.05, 0) is 42.7 Å². The van der Waals surface area contributed by atoms with Gasteiger partial charge in [0.15, 0.2) is 0 Å². The van der Waals surface area contributed by atoms with E-state index in [-0.39, 0.29) is 28.3 Å². The third-order valence-corrected chi connectivity index (χ3v) is 5.44. The molecule has 1 amide bonds. The molecular formula is C20H18ClF6N3O. The SMILES string of the molecule is O=C(NC(N1CCCC[C@H]1c1cccnc1)(C(F)(F)F)C(F)(F)F)c1cccc(Cl)c1. The van der Waals surface area contributed by atoms with Crippen LogP contribution in [0.5, 0.6) is 0 Å². The Morgan fingerprint density at radius 3 is 2.35 bits per heavy atom. The van der Waals surface area contributed by atoms with Gasteiger partial charge in [-0.3, -0.25) is 14.7 Å². The number of carbonyl (C=O) groups excluding carboxylic acids is 1. The second kappa shape index (κ2) is 8.66. The van der Waals surface area contributed by atoms with Crippen molar-refractivity contribution in [2.75, 3.05) is 6.54 Å². The molecule has 1 aliphatic rings. The van der Waals surface area contributed by atoms with Crippen molar-refractivity contribution in [1.82, 2.24) is 15.2 Å². The van der Waals surface area contributed by atoms with E-state index in [1.54, 1.807) is 0 Å². The quantitative estimate of drug-likeness (QED) is 0.605. The molecule has 1 aromatic carbocycles.